The molecule has 0 unspecified atom stereocenters. The second-order valence-electron chi connectivity index (χ2n) is 4.51. The first-order chi connectivity index (χ1) is 9.56. The number of nitrogens with one attached hydrogen (secondary N) is 1. The molecule has 0 amide bonds. The van der Waals surface area contributed by atoms with Crippen LogP contribution in [0.4, 0.5) is 4.39 Å². The van der Waals surface area contributed by atoms with E-state index in [4.69, 9.17) is 0 Å². The molecule has 1 aromatic carbocycles. The van der Waals surface area contributed by atoms with Gasteiger partial charge in [-0.2, -0.15) is 0 Å². The number of benzene rings is 1. The maximum atomic E-state index is 13.6. The number of aromatic amines is 1. The molecule has 0 aliphatic heterocycles. The highest BCUT2D eigenvalue weighted by molar-refractivity contribution is 7.18. The van der Waals surface area contributed by atoms with Gasteiger partial charge in [0.05, 0.1) is 11.9 Å². The molecule has 2 aromatic heterocycles. The van der Waals surface area contributed by atoms with Gasteiger partial charge in [0.15, 0.2) is 0 Å². The third-order valence-electron chi connectivity index (χ3n) is 3.08. The van der Waals surface area contributed by atoms with Crippen LogP contribution >= 0.6 is 11.3 Å². The van der Waals surface area contributed by atoms with E-state index in [1.165, 1.54) is 17.4 Å². The zero-order valence-corrected chi connectivity index (χ0v) is 11.5. The fourth-order valence-electron chi connectivity index (χ4n) is 2.11. The first-order valence-corrected chi connectivity index (χ1v) is 6.84. The van der Waals surface area contributed by atoms with Crippen LogP contribution in [0.1, 0.15) is 10.4 Å². The Labute approximate surface area is 117 Å². The summed E-state index contributed by atoms with van der Waals surface area (Å²) in [5, 5.41) is 0.462. The van der Waals surface area contributed by atoms with Crippen LogP contribution in [0.2, 0.25) is 0 Å². The predicted octanol–water partition coefficient (Wildman–Crippen LogP) is 2.25. The molecule has 0 saturated carbocycles. The number of fused-ring (bicyclic) bond motifs is 1. The molecule has 4 nitrogen and oxygen atoms in total. The number of hydrogen-bond acceptors (Lipinski definition) is 3. The summed E-state index contributed by atoms with van der Waals surface area (Å²) in [6.45, 7) is 1.79. The SMILES string of the molecule is Cc1cc2c(=O)n(Cc3ccccc3F)c(=O)[nH]c2s1. The summed E-state index contributed by atoms with van der Waals surface area (Å²) in [7, 11) is 0. The molecule has 0 aliphatic carbocycles. The number of aromatic nitrogens is 2. The first-order valence-electron chi connectivity index (χ1n) is 6.03. The molecule has 0 saturated heterocycles. The lowest BCUT2D eigenvalue weighted by molar-refractivity contribution is 0.591. The molecule has 3 rings (SSSR count). The minimum absolute atomic E-state index is 0.0777. The highest BCUT2D eigenvalue weighted by Gasteiger charge is 2.11. The molecule has 2 heterocycles. The Morgan fingerprint density at radius 1 is 1.30 bits per heavy atom. The number of aryl methyl sites for hydroxylation is 1. The molecule has 6 heteroatoms. The van der Waals surface area contributed by atoms with Gasteiger partial charge in [-0.1, -0.05) is 18.2 Å². The highest BCUT2D eigenvalue weighted by Crippen LogP contribution is 2.18. The van der Waals surface area contributed by atoms with E-state index in [2.05, 4.69) is 4.98 Å². The predicted molar refractivity (Wildman–Crippen MR) is 76.9 cm³/mol. The molecule has 0 atom stereocenters. The second kappa shape index (κ2) is 4.72. The van der Waals surface area contributed by atoms with E-state index in [0.29, 0.717) is 15.8 Å². The van der Waals surface area contributed by atoms with Gasteiger partial charge in [-0.15, -0.1) is 11.3 Å². The van der Waals surface area contributed by atoms with Crippen molar-refractivity contribution in [1.82, 2.24) is 9.55 Å². The Balaban J connectivity index is 2.19. The van der Waals surface area contributed by atoms with Crippen molar-refractivity contribution < 1.29 is 4.39 Å². The van der Waals surface area contributed by atoms with E-state index in [1.807, 2.05) is 6.92 Å². The van der Waals surface area contributed by atoms with Crippen molar-refractivity contribution in [1.29, 1.82) is 0 Å². The van der Waals surface area contributed by atoms with Crippen LogP contribution < -0.4 is 11.2 Å². The van der Waals surface area contributed by atoms with E-state index in [1.54, 1.807) is 24.3 Å². The second-order valence-corrected chi connectivity index (χ2v) is 5.77. The standard InChI is InChI=1S/C14H11FN2O2S/c1-8-6-10-12(20-8)16-14(19)17(13(10)18)7-9-4-2-3-5-11(9)15/h2-6H,7H2,1H3,(H,16,19). The fraction of sp³-hybridized carbons (Fsp3) is 0.143. The Hall–Kier alpha value is -2.21. The number of hydrogen-bond donors (Lipinski definition) is 1. The average molecular weight is 290 g/mol. The number of H-pyrrole nitrogens is 1. The molecular weight excluding hydrogens is 279 g/mol. The van der Waals surface area contributed by atoms with Gasteiger partial charge in [-0.25, -0.2) is 9.18 Å². The zero-order chi connectivity index (χ0) is 14.3. The Morgan fingerprint density at radius 2 is 2.05 bits per heavy atom. The monoisotopic (exact) mass is 290 g/mol. The van der Waals surface area contributed by atoms with Crippen molar-refractivity contribution >= 4 is 21.6 Å². The smallest absolute Gasteiger partial charge is 0.298 e. The fourth-order valence-corrected chi connectivity index (χ4v) is 3.00. The molecule has 0 fully saturated rings. The van der Waals surface area contributed by atoms with Crippen LogP contribution in [-0.4, -0.2) is 9.55 Å². The van der Waals surface area contributed by atoms with Crippen molar-refractivity contribution in [2.45, 2.75) is 13.5 Å². The molecule has 0 bridgehead atoms. The summed E-state index contributed by atoms with van der Waals surface area (Å²) >= 11 is 1.36. The van der Waals surface area contributed by atoms with E-state index >= 15 is 0 Å². The van der Waals surface area contributed by atoms with Gasteiger partial charge >= 0.3 is 5.69 Å². The van der Waals surface area contributed by atoms with Crippen LogP contribution in [0, 0.1) is 12.7 Å². The van der Waals surface area contributed by atoms with E-state index < -0.39 is 17.1 Å². The topological polar surface area (TPSA) is 54.9 Å². The summed E-state index contributed by atoms with van der Waals surface area (Å²) in [4.78, 5) is 28.4. The molecule has 102 valence electrons. The lowest BCUT2D eigenvalue weighted by Gasteiger charge is -2.05. The molecule has 0 radical (unpaired) electrons. The summed E-state index contributed by atoms with van der Waals surface area (Å²) in [5.74, 6) is -0.430. The molecule has 0 aliphatic rings. The van der Waals surface area contributed by atoms with Crippen LogP contribution in [-0.2, 0) is 6.54 Å². The van der Waals surface area contributed by atoms with E-state index in [0.717, 1.165) is 9.44 Å². The lowest BCUT2D eigenvalue weighted by atomic mass is 10.2. The van der Waals surface area contributed by atoms with E-state index in [9.17, 15) is 14.0 Å². The highest BCUT2D eigenvalue weighted by atomic mass is 32.1. The molecule has 3 aromatic rings. The lowest BCUT2D eigenvalue weighted by Crippen LogP contribution is -2.35. The maximum Gasteiger partial charge on any atom is 0.329 e. The third kappa shape index (κ3) is 2.08. The molecule has 20 heavy (non-hydrogen) atoms. The van der Waals surface area contributed by atoms with Gasteiger partial charge in [-0.3, -0.25) is 14.3 Å². The van der Waals surface area contributed by atoms with Gasteiger partial charge in [0.1, 0.15) is 10.6 Å². The average Bonchev–Trinajstić information content (AvgIpc) is 2.77. The van der Waals surface area contributed by atoms with Gasteiger partial charge in [0.2, 0.25) is 0 Å². The third-order valence-corrected chi connectivity index (χ3v) is 4.05. The van der Waals surface area contributed by atoms with Crippen molar-refractivity contribution in [3.8, 4) is 0 Å². The normalized spacial score (nSPS) is 11.1. The van der Waals surface area contributed by atoms with Gasteiger partial charge in [0, 0.05) is 10.4 Å². The minimum Gasteiger partial charge on any atom is -0.298 e. The van der Waals surface area contributed by atoms with Gasteiger partial charge < -0.3 is 0 Å². The van der Waals surface area contributed by atoms with Crippen LogP contribution in [0.25, 0.3) is 10.2 Å². The Kier molecular flexibility index (Phi) is 3.02. The van der Waals surface area contributed by atoms with Crippen molar-refractivity contribution in [2.75, 3.05) is 0 Å². The molecule has 1 N–H and O–H groups in total. The summed E-state index contributed by atoms with van der Waals surface area (Å²) in [6.07, 6.45) is 0. The summed E-state index contributed by atoms with van der Waals surface area (Å²) in [5.41, 5.74) is -0.602. The largest absolute Gasteiger partial charge is 0.329 e. The van der Waals surface area contributed by atoms with Crippen molar-refractivity contribution in [2.24, 2.45) is 0 Å². The van der Waals surface area contributed by atoms with Crippen LogP contribution in [0.3, 0.4) is 0 Å². The van der Waals surface area contributed by atoms with Crippen LogP contribution in [0.5, 0.6) is 0 Å². The number of rotatable bonds is 2. The number of halogens is 1. The zero-order valence-electron chi connectivity index (χ0n) is 10.6. The first kappa shape index (κ1) is 12.8. The number of thiophene rings is 1. The van der Waals surface area contributed by atoms with Crippen molar-refractivity contribution in [3.05, 3.63) is 67.4 Å². The number of nitrogens with zero attached hydrogens (tertiary/aromatic N) is 1. The van der Waals surface area contributed by atoms with E-state index in [-0.39, 0.29) is 6.54 Å². The van der Waals surface area contributed by atoms with Gasteiger partial charge in [0.25, 0.3) is 5.56 Å². The van der Waals surface area contributed by atoms with Crippen molar-refractivity contribution in [3.63, 3.8) is 0 Å². The molecule has 0 spiro atoms. The van der Waals surface area contributed by atoms with Gasteiger partial charge in [-0.05, 0) is 19.1 Å². The summed E-state index contributed by atoms with van der Waals surface area (Å²) < 4.78 is 14.7. The summed E-state index contributed by atoms with van der Waals surface area (Å²) in [6, 6.07) is 7.84. The Morgan fingerprint density at radius 3 is 2.80 bits per heavy atom. The molecular formula is C14H11FN2O2S. The Bertz CT molecular complexity index is 907. The van der Waals surface area contributed by atoms with Crippen LogP contribution in [0.15, 0.2) is 39.9 Å². The quantitative estimate of drug-likeness (QED) is 0.787. The maximum absolute atomic E-state index is 13.6. The minimum atomic E-state index is -0.521.